The highest BCUT2D eigenvalue weighted by Crippen LogP contribution is 2.37. The fourth-order valence-corrected chi connectivity index (χ4v) is 5.05. The molecule has 1 unspecified atom stereocenters. The number of nitrogens with one attached hydrogen (secondary N) is 1. The van der Waals surface area contributed by atoms with Crippen LogP contribution in [-0.2, 0) is 13.1 Å². The van der Waals surface area contributed by atoms with Crippen molar-refractivity contribution in [2.24, 2.45) is 5.92 Å². The van der Waals surface area contributed by atoms with Gasteiger partial charge in [-0.2, -0.15) is 0 Å². The molecule has 0 radical (unpaired) electrons. The van der Waals surface area contributed by atoms with Gasteiger partial charge in [0.15, 0.2) is 11.4 Å². The quantitative estimate of drug-likeness (QED) is 0.709. The summed E-state index contributed by atoms with van der Waals surface area (Å²) in [5.41, 5.74) is -2.17. The monoisotopic (exact) mass is 474 g/mol. The molecule has 4 rings (SSSR count). The van der Waals surface area contributed by atoms with Gasteiger partial charge >= 0.3 is 0 Å². The zero-order valence-corrected chi connectivity index (χ0v) is 19.6. The number of nitrogens with zero attached hydrogens (tertiary/aromatic N) is 3. The molecule has 0 saturated carbocycles. The maximum absolute atomic E-state index is 13.9. The summed E-state index contributed by atoms with van der Waals surface area (Å²) in [6.07, 6.45) is 1.27. The van der Waals surface area contributed by atoms with Gasteiger partial charge in [-0.3, -0.25) is 19.3 Å². The largest absolute Gasteiger partial charge is 0.503 e. The van der Waals surface area contributed by atoms with Crippen LogP contribution in [0.15, 0.2) is 29.2 Å². The zero-order valence-electron chi connectivity index (χ0n) is 19.6. The van der Waals surface area contributed by atoms with Crippen molar-refractivity contribution >= 4 is 11.8 Å². The third-order valence-corrected chi connectivity index (χ3v) is 6.70. The Balaban J connectivity index is 1.69. The van der Waals surface area contributed by atoms with Gasteiger partial charge < -0.3 is 19.9 Å². The summed E-state index contributed by atoms with van der Waals surface area (Å²) in [4.78, 5) is 42.9. The fraction of sp³-hybridized carbons (Fsp3) is 0.458. The number of carbonyl (C=O) groups is 2. The number of aromatic nitrogens is 1. The molecule has 8 nitrogen and oxygen atoms in total. The van der Waals surface area contributed by atoms with Crippen molar-refractivity contribution in [2.45, 2.75) is 52.5 Å². The van der Waals surface area contributed by atoms with E-state index in [0.29, 0.717) is 12.6 Å². The second-order valence-corrected chi connectivity index (χ2v) is 9.60. The molecular formula is C24H28F2N4O4. The molecule has 0 aliphatic carbocycles. The first-order valence-electron chi connectivity index (χ1n) is 11.2. The van der Waals surface area contributed by atoms with Crippen LogP contribution in [-0.4, -0.2) is 56.1 Å². The van der Waals surface area contributed by atoms with Gasteiger partial charge in [-0.05, 0) is 32.8 Å². The normalized spacial score (nSPS) is 22.5. The van der Waals surface area contributed by atoms with Crippen LogP contribution >= 0.6 is 0 Å². The average Bonchev–Trinajstić information content (AvgIpc) is 2.75. The maximum Gasteiger partial charge on any atom is 0.276 e. The van der Waals surface area contributed by atoms with E-state index in [-0.39, 0.29) is 41.9 Å². The van der Waals surface area contributed by atoms with Crippen LogP contribution in [0.2, 0.25) is 0 Å². The summed E-state index contributed by atoms with van der Waals surface area (Å²) in [5, 5.41) is 13.1. The van der Waals surface area contributed by atoms with Gasteiger partial charge in [0.25, 0.3) is 11.8 Å². The van der Waals surface area contributed by atoms with Gasteiger partial charge in [-0.25, -0.2) is 8.78 Å². The minimum Gasteiger partial charge on any atom is -0.503 e. The van der Waals surface area contributed by atoms with Crippen LogP contribution < -0.4 is 10.7 Å². The summed E-state index contributed by atoms with van der Waals surface area (Å²) >= 11 is 0. The zero-order chi connectivity index (χ0) is 24.9. The number of halogens is 2. The highest BCUT2D eigenvalue weighted by molar-refractivity contribution is 5.99. The lowest BCUT2D eigenvalue weighted by molar-refractivity contribution is -0.108. The summed E-state index contributed by atoms with van der Waals surface area (Å²) < 4.78 is 28.5. The molecule has 1 aromatic carbocycles. The summed E-state index contributed by atoms with van der Waals surface area (Å²) in [6.45, 7) is 9.28. The molecule has 2 atom stereocenters. The van der Waals surface area contributed by atoms with E-state index in [1.54, 1.807) is 4.90 Å². The summed E-state index contributed by atoms with van der Waals surface area (Å²) in [7, 11) is 0. The molecule has 0 spiro atoms. The summed E-state index contributed by atoms with van der Waals surface area (Å²) in [6, 6.07) is 3.09. The topological polar surface area (TPSA) is 94.9 Å². The van der Waals surface area contributed by atoms with Gasteiger partial charge in [0.05, 0.1) is 6.54 Å². The van der Waals surface area contributed by atoms with E-state index in [9.17, 15) is 28.3 Å². The number of rotatable bonds is 4. The Morgan fingerprint density at radius 1 is 1.26 bits per heavy atom. The van der Waals surface area contributed by atoms with Gasteiger partial charge in [0.2, 0.25) is 5.43 Å². The third kappa shape index (κ3) is 3.85. The van der Waals surface area contributed by atoms with E-state index in [1.165, 1.54) is 16.8 Å². The second-order valence-electron chi connectivity index (χ2n) is 9.60. The molecule has 0 bridgehead atoms. The fourth-order valence-electron chi connectivity index (χ4n) is 5.05. The number of amides is 2. The first-order chi connectivity index (χ1) is 15.9. The first-order valence-corrected chi connectivity index (χ1v) is 11.2. The molecule has 182 valence electrons. The van der Waals surface area contributed by atoms with Crippen molar-refractivity contribution in [3.63, 3.8) is 0 Å². The van der Waals surface area contributed by atoms with Crippen LogP contribution in [0.1, 0.15) is 54.1 Å². The molecule has 1 aromatic heterocycles. The van der Waals surface area contributed by atoms with Crippen molar-refractivity contribution < 1.29 is 23.5 Å². The molecule has 2 N–H and O–H groups in total. The van der Waals surface area contributed by atoms with Crippen molar-refractivity contribution in [3.05, 3.63) is 63.1 Å². The second kappa shape index (κ2) is 8.50. The maximum atomic E-state index is 13.9. The number of benzene rings is 1. The molecule has 2 aliphatic rings. The van der Waals surface area contributed by atoms with Crippen molar-refractivity contribution in [3.8, 4) is 5.75 Å². The molecule has 1 saturated heterocycles. The van der Waals surface area contributed by atoms with E-state index in [1.807, 2.05) is 27.7 Å². The summed E-state index contributed by atoms with van der Waals surface area (Å²) in [5.74, 6) is -3.47. The smallest absolute Gasteiger partial charge is 0.276 e. The van der Waals surface area contributed by atoms with Gasteiger partial charge in [0.1, 0.15) is 22.9 Å². The van der Waals surface area contributed by atoms with E-state index in [4.69, 9.17) is 0 Å². The number of fused-ring (bicyclic) bond motifs is 2. The highest BCUT2D eigenvalue weighted by atomic mass is 19.1. The van der Waals surface area contributed by atoms with Crippen LogP contribution in [0.25, 0.3) is 0 Å². The molecule has 2 amide bonds. The lowest BCUT2D eigenvalue weighted by Gasteiger charge is -2.58. The Morgan fingerprint density at radius 2 is 1.97 bits per heavy atom. The van der Waals surface area contributed by atoms with Crippen LogP contribution in [0, 0.1) is 17.6 Å². The Morgan fingerprint density at radius 3 is 2.62 bits per heavy atom. The number of pyridine rings is 1. The molecule has 10 heteroatoms. The van der Waals surface area contributed by atoms with E-state index < -0.39 is 40.3 Å². The standard InChI is InChI=1S/C24H28F2N4O4/c1-13(2)29-9-14(3)10-30-23(34)19-21(32)20(31)17(11-28(19)12-24(29,30)4)22(33)27-8-15-5-6-16(25)7-18(15)26/h5-7,11,13-14,32H,8-10,12H2,1-4H3,(H,27,33)/t14-,24?/m1/s1. The molecule has 3 heterocycles. The Kier molecular flexibility index (Phi) is 5.97. The molecule has 2 aromatic rings. The van der Waals surface area contributed by atoms with Crippen molar-refractivity contribution in [1.29, 1.82) is 0 Å². The number of hydrogen-bond donors (Lipinski definition) is 2. The number of hydrogen-bond acceptors (Lipinski definition) is 5. The van der Waals surface area contributed by atoms with E-state index in [2.05, 4.69) is 10.2 Å². The van der Waals surface area contributed by atoms with E-state index >= 15 is 0 Å². The SMILES string of the molecule is CC(C)N1C[C@@H](C)CN2C(=O)c3c(O)c(=O)c(C(=O)NCc4ccc(F)cc4F)cn3CC21C. The molecular weight excluding hydrogens is 446 g/mol. The van der Waals surface area contributed by atoms with Crippen LogP contribution in [0.3, 0.4) is 0 Å². The highest BCUT2D eigenvalue weighted by Gasteiger charge is 2.51. The lowest BCUT2D eigenvalue weighted by atomic mass is 9.92. The first kappa shape index (κ1) is 23.9. The van der Waals surface area contributed by atoms with Crippen LogP contribution in [0.4, 0.5) is 8.78 Å². The predicted molar refractivity (Wildman–Crippen MR) is 120 cm³/mol. The van der Waals surface area contributed by atoms with Crippen LogP contribution in [0.5, 0.6) is 5.75 Å². The Bertz CT molecular complexity index is 1230. The predicted octanol–water partition coefficient (Wildman–Crippen LogP) is 2.29. The van der Waals surface area contributed by atoms with Gasteiger partial charge in [0, 0.05) is 43.5 Å². The minimum atomic E-state index is -0.981. The average molecular weight is 475 g/mol. The Hall–Kier alpha value is -3.27. The van der Waals surface area contributed by atoms with Gasteiger partial charge in [-0.1, -0.05) is 13.0 Å². The van der Waals surface area contributed by atoms with E-state index in [0.717, 1.165) is 12.6 Å². The lowest BCUT2D eigenvalue weighted by Crippen LogP contribution is -2.71. The Labute approximate surface area is 195 Å². The molecule has 34 heavy (non-hydrogen) atoms. The third-order valence-electron chi connectivity index (χ3n) is 6.70. The molecule has 2 aliphatic heterocycles. The van der Waals surface area contributed by atoms with Gasteiger partial charge in [-0.15, -0.1) is 0 Å². The minimum absolute atomic E-state index is 0.0410. The van der Waals surface area contributed by atoms with Crippen molar-refractivity contribution in [1.82, 2.24) is 19.7 Å². The molecule has 1 fully saturated rings. The number of aromatic hydroxyl groups is 1. The van der Waals surface area contributed by atoms with Crippen molar-refractivity contribution in [2.75, 3.05) is 13.1 Å². The number of carbonyl (C=O) groups excluding carboxylic acids is 2.